The molecule has 1 aliphatic carbocycles. The van der Waals surface area contributed by atoms with Crippen LogP contribution in [0, 0.1) is 6.92 Å². The van der Waals surface area contributed by atoms with E-state index in [1.54, 1.807) is 26.2 Å². The summed E-state index contributed by atoms with van der Waals surface area (Å²) in [6.45, 7) is 3.24. The van der Waals surface area contributed by atoms with Crippen LogP contribution in [-0.2, 0) is 18.8 Å². The number of aliphatic hydroxyl groups excluding tert-OH is 1. The van der Waals surface area contributed by atoms with E-state index in [9.17, 15) is 15.0 Å². The smallest absolute Gasteiger partial charge is 0.349 e. The molecule has 186 valence electrons. The Morgan fingerprint density at radius 2 is 1.97 bits per heavy atom. The van der Waals surface area contributed by atoms with Crippen molar-refractivity contribution in [2.45, 2.75) is 69.7 Å². The number of methoxy groups -OCH3 is 1. The summed E-state index contributed by atoms with van der Waals surface area (Å²) < 4.78 is 29.2. The molecule has 1 aromatic heterocycles. The summed E-state index contributed by atoms with van der Waals surface area (Å²) in [4.78, 5) is 17.3. The highest BCUT2D eigenvalue weighted by Gasteiger charge is 2.57. The highest BCUT2D eigenvalue weighted by molar-refractivity contribution is 7.09. The first kappa shape index (κ1) is 24.9. The first-order valence-corrected chi connectivity index (χ1v) is 11.5. The summed E-state index contributed by atoms with van der Waals surface area (Å²) in [5.41, 5.74) is -0.681. The summed E-state index contributed by atoms with van der Waals surface area (Å²) in [5, 5.41) is 25.8. The maximum atomic E-state index is 12.6. The topological polar surface area (TPSA) is 129 Å². The second-order valence-electron chi connectivity index (χ2n) is 8.66. The normalized spacial score (nSPS) is 26.8. The Labute approximate surface area is 199 Å². The van der Waals surface area contributed by atoms with Gasteiger partial charge in [-0.15, -0.1) is 0 Å². The van der Waals surface area contributed by atoms with Crippen molar-refractivity contribution in [1.82, 2.24) is 0 Å². The van der Waals surface area contributed by atoms with Gasteiger partial charge >= 0.3 is 5.63 Å². The molecule has 2 fully saturated rings. The second-order valence-corrected chi connectivity index (χ2v) is 8.93. The van der Waals surface area contributed by atoms with Gasteiger partial charge in [0.1, 0.15) is 47.6 Å². The number of oxime groups is 1. The molecule has 5 unspecified atom stereocenters. The zero-order chi connectivity index (χ0) is 24.6. The van der Waals surface area contributed by atoms with Gasteiger partial charge in [0.2, 0.25) is 6.29 Å². The number of hydrogen-bond acceptors (Lipinski definition) is 10. The van der Waals surface area contributed by atoms with E-state index in [1.807, 2.05) is 0 Å². The van der Waals surface area contributed by atoms with E-state index in [2.05, 4.69) is 14.6 Å². The van der Waals surface area contributed by atoms with Crippen molar-refractivity contribution >= 4 is 26.1 Å². The molecule has 5 atom stereocenters. The molecule has 0 amide bonds. The van der Waals surface area contributed by atoms with Crippen molar-refractivity contribution in [3.63, 3.8) is 0 Å². The molecule has 1 aromatic carbocycles. The van der Waals surface area contributed by atoms with Crippen molar-refractivity contribution in [3.8, 4) is 11.5 Å². The number of benzene rings is 1. The average Bonchev–Trinajstić information content (AvgIpc) is 3.25. The highest BCUT2D eigenvalue weighted by Crippen LogP contribution is 2.45. The standard InChI is InChI=1S/C23H30NO9P/c1-11-14(8-7-13-16(25)15(12(2)24-29-4)21(27)31-18(11)13)30-22-19(33-34)17(26)20(28-3)23(32-22)9-5-6-10-23/h7-8,17,19-20,22,25-26H,5-6,9-10,34H2,1-4H3/b24-12+. The fourth-order valence-corrected chi connectivity index (χ4v) is 5.39. The molecular weight excluding hydrogens is 465 g/mol. The van der Waals surface area contributed by atoms with Crippen LogP contribution in [0.2, 0.25) is 0 Å². The molecule has 2 aliphatic rings. The van der Waals surface area contributed by atoms with Crippen molar-refractivity contribution in [2.75, 3.05) is 14.2 Å². The lowest BCUT2D eigenvalue weighted by Crippen LogP contribution is -2.65. The molecule has 10 nitrogen and oxygen atoms in total. The molecule has 2 N–H and O–H groups in total. The van der Waals surface area contributed by atoms with Crippen LogP contribution in [-0.4, -0.2) is 60.3 Å². The van der Waals surface area contributed by atoms with E-state index in [-0.39, 0.29) is 22.6 Å². The first-order valence-electron chi connectivity index (χ1n) is 11.1. The van der Waals surface area contributed by atoms with E-state index in [4.69, 9.17) is 28.0 Å². The van der Waals surface area contributed by atoms with Gasteiger partial charge in [0, 0.05) is 22.1 Å². The molecule has 4 rings (SSSR count). The van der Waals surface area contributed by atoms with Gasteiger partial charge in [-0.3, -0.25) is 0 Å². The van der Waals surface area contributed by atoms with E-state index in [1.165, 1.54) is 14.0 Å². The van der Waals surface area contributed by atoms with Crippen LogP contribution in [0.25, 0.3) is 11.0 Å². The minimum atomic E-state index is -0.979. The lowest BCUT2D eigenvalue weighted by Gasteiger charge is -2.49. The number of hydrogen-bond donors (Lipinski definition) is 2. The van der Waals surface area contributed by atoms with Crippen LogP contribution >= 0.6 is 9.47 Å². The van der Waals surface area contributed by atoms with Crippen LogP contribution in [0.5, 0.6) is 11.5 Å². The maximum Gasteiger partial charge on any atom is 0.349 e. The quantitative estimate of drug-likeness (QED) is 0.269. The number of nitrogens with zero attached hydrogens (tertiary/aromatic N) is 1. The van der Waals surface area contributed by atoms with Gasteiger partial charge in [-0.05, 0) is 38.8 Å². The summed E-state index contributed by atoms with van der Waals surface area (Å²) in [7, 11) is 5.04. The van der Waals surface area contributed by atoms with Crippen LogP contribution in [0.15, 0.2) is 26.5 Å². The molecule has 11 heteroatoms. The summed E-state index contributed by atoms with van der Waals surface area (Å²) in [5.74, 6) is 0.0981. The Bertz CT molecular complexity index is 1140. The second kappa shape index (κ2) is 9.79. The zero-order valence-electron chi connectivity index (χ0n) is 19.6. The van der Waals surface area contributed by atoms with Crippen LogP contribution in [0.3, 0.4) is 0 Å². The Kier molecular flexibility index (Phi) is 7.17. The summed E-state index contributed by atoms with van der Waals surface area (Å²) >= 11 is 0. The number of fused-ring (bicyclic) bond motifs is 1. The number of rotatable bonds is 6. The Balaban J connectivity index is 1.73. The number of aryl methyl sites for hydroxylation is 1. The SMILES string of the molecule is CO/N=C(\C)c1c(O)c2ccc(OC3OC4(CCCC4)C(OC)C(O)C3OP)c(C)c2oc1=O. The monoisotopic (exact) mass is 495 g/mol. The summed E-state index contributed by atoms with van der Waals surface area (Å²) in [6.07, 6.45) is 0.0677. The van der Waals surface area contributed by atoms with Crippen molar-refractivity contribution in [1.29, 1.82) is 0 Å². The molecule has 34 heavy (non-hydrogen) atoms. The van der Waals surface area contributed by atoms with E-state index >= 15 is 0 Å². The van der Waals surface area contributed by atoms with Crippen LogP contribution < -0.4 is 10.4 Å². The number of aromatic hydroxyl groups is 1. The largest absolute Gasteiger partial charge is 0.506 e. The molecule has 1 aliphatic heterocycles. The molecule has 0 bridgehead atoms. The average molecular weight is 495 g/mol. The minimum Gasteiger partial charge on any atom is -0.506 e. The number of aliphatic hydroxyl groups is 1. The van der Waals surface area contributed by atoms with Gasteiger partial charge in [0.25, 0.3) is 0 Å². The number of ether oxygens (including phenoxy) is 3. The van der Waals surface area contributed by atoms with Crippen LogP contribution in [0.4, 0.5) is 0 Å². The van der Waals surface area contributed by atoms with Gasteiger partial charge in [-0.1, -0.05) is 18.0 Å². The molecular formula is C23H30NO9P. The van der Waals surface area contributed by atoms with Crippen molar-refractivity contribution in [2.24, 2.45) is 5.16 Å². The minimum absolute atomic E-state index is 0.0774. The lowest BCUT2D eigenvalue weighted by atomic mass is 9.85. The third-order valence-electron chi connectivity index (χ3n) is 6.73. The molecule has 0 radical (unpaired) electrons. The van der Waals surface area contributed by atoms with Crippen molar-refractivity contribution < 1.29 is 38.2 Å². The molecule has 1 saturated carbocycles. The molecule has 2 aromatic rings. The van der Waals surface area contributed by atoms with Gasteiger partial charge in [0.05, 0.1) is 11.1 Å². The van der Waals surface area contributed by atoms with Crippen molar-refractivity contribution in [3.05, 3.63) is 33.7 Å². The van der Waals surface area contributed by atoms with Gasteiger partial charge in [-0.2, -0.15) is 0 Å². The fourth-order valence-electron chi connectivity index (χ4n) is 5.10. The Morgan fingerprint density at radius 1 is 1.26 bits per heavy atom. The van der Waals surface area contributed by atoms with E-state index in [0.717, 1.165) is 25.7 Å². The first-order chi connectivity index (χ1) is 16.3. The fraction of sp³-hybridized carbons (Fsp3) is 0.565. The van der Waals surface area contributed by atoms with E-state index in [0.29, 0.717) is 16.7 Å². The summed E-state index contributed by atoms with van der Waals surface area (Å²) in [6, 6.07) is 3.22. The zero-order valence-corrected chi connectivity index (χ0v) is 20.7. The molecule has 1 saturated heterocycles. The lowest BCUT2D eigenvalue weighted by molar-refractivity contribution is -0.307. The predicted octanol–water partition coefficient (Wildman–Crippen LogP) is 2.78. The molecule has 1 spiro atoms. The molecule has 2 heterocycles. The van der Waals surface area contributed by atoms with Crippen LogP contribution in [0.1, 0.15) is 43.7 Å². The third-order valence-corrected chi connectivity index (χ3v) is 7.04. The van der Waals surface area contributed by atoms with Gasteiger partial charge in [0.15, 0.2) is 6.10 Å². The van der Waals surface area contributed by atoms with Gasteiger partial charge in [-0.25, -0.2) is 4.79 Å². The Morgan fingerprint density at radius 3 is 2.59 bits per heavy atom. The van der Waals surface area contributed by atoms with E-state index < -0.39 is 35.8 Å². The van der Waals surface area contributed by atoms with Gasteiger partial charge < -0.3 is 38.2 Å². The highest BCUT2D eigenvalue weighted by atomic mass is 31.0. The third kappa shape index (κ3) is 4.07. The predicted molar refractivity (Wildman–Crippen MR) is 126 cm³/mol. The maximum absolute atomic E-state index is 12.6. The Hall–Kier alpha value is -2.23.